The van der Waals surface area contributed by atoms with Gasteiger partial charge in [0.1, 0.15) is 20.4 Å². The van der Waals surface area contributed by atoms with Gasteiger partial charge in [0, 0.05) is 0 Å². The van der Waals surface area contributed by atoms with Gasteiger partial charge in [0.2, 0.25) is 0 Å². The summed E-state index contributed by atoms with van der Waals surface area (Å²) in [6.45, 7) is 6.00. The Morgan fingerprint density at radius 2 is 1.62 bits per heavy atom. The number of carbonyl (C=O) groups is 3. The van der Waals surface area contributed by atoms with E-state index in [0.717, 1.165) is 15.0 Å². The van der Waals surface area contributed by atoms with Gasteiger partial charge in [-0.25, -0.2) is 0 Å². The Kier molecular flexibility index (Phi) is 31.0. The Morgan fingerprint density at radius 1 is 1.15 bits per heavy atom. The van der Waals surface area contributed by atoms with Gasteiger partial charge in [0.15, 0.2) is 0 Å². The van der Waals surface area contributed by atoms with Gasteiger partial charge in [-0.05, 0) is 0 Å². The van der Waals surface area contributed by atoms with E-state index in [1.54, 1.807) is 4.47 Å². The van der Waals surface area contributed by atoms with Crippen LogP contribution in [0.3, 0.4) is 0 Å². The van der Waals surface area contributed by atoms with Gasteiger partial charge in [-0.15, -0.1) is 0 Å². The van der Waals surface area contributed by atoms with Gasteiger partial charge in [0.05, 0.1) is 0 Å². The van der Waals surface area contributed by atoms with Crippen LogP contribution in [0.4, 0.5) is 0 Å². The molecule has 0 spiro atoms. The van der Waals surface area contributed by atoms with Crippen molar-refractivity contribution in [3.8, 4) is 0 Å². The molecule has 0 N–H and O–H groups in total. The van der Waals surface area contributed by atoms with E-state index in [2.05, 4.69) is 24.1 Å². The first-order chi connectivity index (χ1) is 6.43. The number of hydrogen-bond donors (Lipinski definition) is 0. The fourth-order valence-electron chi connectivity index (χ4n) is 0.561. The molecule has 0 aromatic heterocycles. The fourth-order valence-corrected chi connectivity index (χ4v) is 1.25. The monoisotopic (exact) mass is 225 g/mol. The van der Waals surface area contributed by atoms with Crippen LogP contribution in [0.15, 0.2) is 22.7 Å². The molecule has 1 aliphatic carbocycles. The van der Waals surface area contributed by atoms with Crippen LogP contribution in [-0.4, -0.2) is 20.4 Å². The summed E-state index contributed by atoms with van der Waals surface area (Å²) in [4.78, 5) is 24.0. The van der Waals surface area contributed by atoms with E-state index in [1.165, 1.54) is 6.42 Å². The third-order valence-electron chi connectivity index (χ3n) is 0.969. The van der Waals surface area contributed by atoms with Crippen molar-refractivity contribution >= 4 is 20.4 Å². The number of hydrogen-bond acceptors (Lipinski definition) is 3. The van der Waals surface area contributed by atoms with E-state index in [9.17, 15) is 0 Å². The molecule has 1 rings (SSSR count). The minimum atomic E-state index is 0.984. The summed E-state index contributed by atoms with van der Waals surface area (Å²) in [5, 5.41) is 0. The summed E-state index contributed by atoms with van der Waals surface area (Å²) in [6.07, 6.45) is 7.75. The zero-order chi connectivity index (χ0) is 11.1. The summed E-state index contributed by atoms with van der Waals surface area (Å²) in [5.41, 5.74) is 0. The van der Waals surface area contributed by atoms with Crippen molar-refractivity contribution in [2.45, 2.75) is 12.2 Å². The molecule has 0 unspecified atom stereocenters. The molecule has 0 radical (unpaired) electrons. The van der Waals surface area contributed by atoms with E-state index in [-0.39, 0.29) is 0 Å². The van der Waals surface area contributed by atoms with Gasteiger partial charge in [-0.3, -0.25) is 0 Å². The molecule has 0 saturated carbocycles. The van der Waals surface area contributed by atoms with Crippen LogP contribution in [0.5, 0.6) is 0 Å². The molecule has 0 aromatic rings. The molecule has 4 heteroatoms. The van der Waals surface area contributed by atoms with Gasteiger partial charge in [-0.1, -0.05) is 0 Å². The standard InChI is InChI=1S/C5H5.3CH2O.CH3.Mn/c1-2-4-5-3-1;3*1-2;;/h1-3H,4H2;3*1H2;1H3;. The molecular weight excluding hydrogens is 211 g/mol. The summed E-state index contributed by atoms with van der Waals surface area (Å²) in [6, 6.07) is 0. The van der Waals surface area contributed by atoms with Crippen molar-refractivity contribution in [2.75, 3.05) is 0 Å². The molecule has 0 amide bonds. The molecule has 75 valence electrons. The molecule has 13 heavy (non-hydrogen) atoms. The molecule has 0 fully saturated rings. The van der Waals surface area contributed by atoms with Gasteiger partial charge >= 0.3 is 49.9 Å². The molecule has 0 atom stereocenters. The van der Waals surface area contributed by atoms with Crippen LogP contribution in [-0.2, 0) is 29.3 Å². The Morgan fingerprint density at radius 3 is 1.77 bits per heavy atom. The first-order valence-corrected chi connectivity index (χ1v) is 4.92. The normalized spacial score (nSPS) is 10.4. The fraction of sp³-hybridized carbons (Fsp3) is 0.222. The Labute approximate surface area is 85.1 Å². The first-order valence-electron chi connectivity index (χ1n) is 3.15. The van der Waals surface area contributed by atoms with Gasteiger partial charge in [0.25, 0.3) is 0 Å². The van der Waals surface area contributed by atoms with E-state index in [1.807, 2.05) is 20.4 Å². The van der Waals surface area contributed by atoms with Gasteiger partial charge < -0.3 is 14.4 Å². The Balaban J connectivity index is -0.000000144. The molecule has 0 heterocycles. The van der Waals surface area contributed by atoms with E-state index in [0.29, 0.717) is 0 Å². The Bertz CT molecular complexity index is 150. The maximum atomic E-state index is 8.00. The maximum absolute atomic E-state index is 8.00. The molecule has 0 aromatic carbocycles. The third kappa shape index (κ3) is 13.9. The van der Waals surface area contributed by atoms with Crippen molar-refractivity contribution in [3.63, 3.8) is 0 Å². The summed E-state index contributed by atoms with van der Waals surface area (Å²) in [5.74, 6) is 2.22. The minimum absolute atomic E-state index is 0.984. The van der Waals surface area contributed by atoms with Crippen LogP contribution in [0.1, 0.15) is 6.42 Å². The average Bonchev–Trinajstić information content (AvgIpc) is 2.79. The number of allylic oxidation sites excluding steroid dienone is 4. The molecule has 3 nitrogen and oxygen atoms in total. The predicted octanol–water partition coefficient (Wildman–Crippen LogP) is 1.41. The van der Waals surface area contributed by atoms with E-state index >= 15 is 0 Å². The second-order valence-corrected chi connectivity index (χ2v) is 2.78. The van der Waals surface area contributed by atoms with Crippen molar-refractivity contribution < 1.29 is 29.3 Å². The number of rotatable bonds is 1. The molecule has 0 aliphatic heterocycles. The van der Waals surface area contributed by atoms with Crippen LogP contribution < -0.4 is 0 Å². The molecule has 0 bridgehead atoms. The zero-order valence-corrected chi connectivity index (χ0v) is 8.84. The van der Waals surface area contributed by atoms with Crippen molar-refractivity contribution in [2.24, 2.45) is 0 Å². The predicted molar refractivity (Wildman–Crippen MR) is 49.1 cm³/mol. The van der Waals surface area contributed by atoms with Crippen LogP contribution >= 0.6 is 0 Å². The summed E-state index contributed by atoms with van der Waals surface area (Å²) in [7, 11) is 0. The van der Waals surface area contributed by atoms with Crippen molar-refractivity contribution in [1.29, 1.82) is 0 Å². The van der Waals surface area contributed by atoms with Gasteiger partial charge in [-0.2, -0.15) is 0 Å². The Hall–Kier alpha value is -0.991. The summed E-state index contributed by atoms with van der Waals surface area (Å²) >= 11 is 0.984. The zero-order valence-electron chi connectivity index (χ0n) is 7.66. The van der Waals surface area contributed by atoms with Crippen LogP contribution in [0.2, 0.25) is 5.82 Å². The topological polar surface area (TPSA) is 51.2 Å². The van der Waals surface area contributed by atoms with Crippen LogP contribution in [0, 0.1) is 0 Å². The van der Waals surface area contributed by atoms with Crippen molar-refractivity contribution in [1.82, 2.24) is 0 Å². The van der Waals surface area contributed by atoms with E-state index in [4.69, 9.17) is 14.4 Å². The summed E-state index contributed by atoms with van der Waals surface area (Å²) < 4.78 is 1.59. The quantitative estimate of drug-likeness (QED) is 0.634. The molecular formula is C9H14MnO3. The van der Waals surface area contributed by atoms with E-state index < -0.39 is 0 Å². The second-order valence-electron chi connectivity index (χ2n) is 1.43. The second kappa shape index (κ2) is 22.5. The molecule has 1 aliphatic rings. The van der Waals surface area contributed by atoms with Crippen molar-refractivity contribution in [3.05, 3.63) is 22.7 Å². The molecule has 0 saturated heterocycles. The number of carbonyl (C=O) groups excluding carboxylic acids is 3. The first kappa shape index (κ1) is 17.9. The van der Waals surface area contributed by atoms with Crippen LogP contribution in [0.25, 0.3) is 0 Å². The third-order valence-corrected chi connectivity index (χ3v) is 2.16. The average molecular weight is 225 g/mol. The SMILES string of the molecule is C=O.C=O.C=O.[CH3][Mn][C]1=CC=CC1.